The van der Waals surface area contributed by atoms with Crippen LogP contribution in [0.1, 0.15) is 17.6 Å². The highest BCUT2D eigenvalue weighted by Crippen LogP contribution is 2.39. The van der Waals surface area contributed by atoms with Crippen molar-refractivity contribution in [3.05, 3.63) is 47.7 Å². The fourth-order valence-electron chi connectivity index (χ4n) is 3.34. The molecule has 1 amide bonds. The number of aromatic nitrogens is 2. The molecule has 4 rings (SSSR count). The molecule has 0 radical (unpaired) electrons. The maximum Gasteiger partial charge on any atom is 0.265 e. The van der Waals surface area contributed by atoms with Crippen molar-refractivity contribution in [1.82, 2.24) is 9.97 Å². The van der Waals surface area contributed by atoms with Gasteiger partial charge < -0.3 is 14.4 Å². The number of nitrogens with two attached hydrogens (primary N) is 1. The molecule has 0 aliphatic carbocycles. The third kappa shape index (κ3) is 3.86. The fourth-order valence-corrected chi connectivity index (χ4v) is 4.08. The maximum absolute atomic E-state index is 13.5. The number of benzene rings is 1. The number of carbonyl (C=O) groups is 1. The number of rotatable bonds is 5. The lowest BCUT2D eigenvalue weighted by Crippen LogP contribution is -2.38. The molecule has 1 aromatic carbocycles. The zero-order chi connectivity index (χ0) is 22.3. The van der Waals surface area contributed by atoms with Crippen molar-refractivity contribution >= 4 is 32.7 Å². The molecule has 12 heteroatoms. The van der Waals surface area contributed by atoms with Crippen LogP contribution < -0.4 is 19.5 Å². The second-order valence-corrected chi connectivity index (χ2v) is 8.21. The van der Waals surface area contributed by atoms with Crippen LogP contribution in [0.2, 0.25) is 0 Å². The molecular formula is C19H16F2N4O5S. The number of hydrogen-bond donors (Lipinski definition) is 1. The summed E-state index contributed by atoms with van der Waals surface area (Å²) >= 11 is 0. The molecule has 9 nitrogen and oxygen atoms in total. The van der Waals surface area contributed by atoms with Crippen molar-refractivity contribution in [2.45, 2.75) is 17.9 Å². The predicted molar refractivity (Wildman–Crippen MR) is 106 cm³/mol. The van der Waals surface area contributed by atoms with Crippen molar-refractivity contribution in [2.75, 3.05) is 18.6 Å². The summed E-state index contributed by atoms with van der Waals surface area (Å²) in [5, 5.41) is 5.54. The van der Waals surface area contributed by atoms with Gasteiger partial charge in [-0.05, 0) is 23.8 Å². The summed E-state index contributed by atoms with van der Waals surface area (Å²) in [7, 11) is -2.88. The molecule has 0 spiro atoms. The van der Waals surface area contributed by atoms with Gasteiger partial charge in [-0.1, -0.05) is 6.07 Å². The molecule has 3 heterocycles. The highest BCUT2D eigenvalue weighted by Gasteiger charge is 2.29. The lowest BCUT2D eigenvalue weighted by atomic mass is 10.1. The standard InChI is InChI=1S/C19H16F2N4O5S/c1-29-15-5-3-11-17-13(7-23-19(11)24-15)30-9-16(26)25(17)8-10-2-4-14(31(22,27)28)12(6-10)18(20)21/h2-7,18H,8-9H2,1H3,(H2,22,27,28). The van der Waals surface area contributed by atoms with Crippen molar-refractivity contribution in [3.63, 3.8) is 0 Å². The van der Waals surface area contributed by atoms with Gasteiger partial charge >= 0.3 is 0 Å². The minimum atomic E-state index is -4.33. The van der Waals surface area contributed by atoms with Crippen LogP contribution in [0.5, 0.6) is 11.6 Å². The van der Waals surface area contributed by atoms with Crippen LogP contribution in [-0.2, 0) is 21.4 Å². The molecule has 0 fully saturated rings. The fraction of sp³-hybridized carbons (Fsp3) is 0.211. The molecule has 2 N–H and O–H groups in total. The van der Waals surface area contributed by atoms with E-state index in [1.165, 1.54) is 24.3 Å². The lowest BCUT2D eigenvalue weighted by Gasteiger charge is -2.30. The Morgan fingerprint density at radius 3 is 2.74 bits per heavy atom. The summed E-state index contributed by atoms with van der Waals surface area (Å²) in [6.07, 6.45) is -1.65. The molecule has 1 aliphatic heterocycles. The number of carbonyl (C=O) groups excluding carboxylic acids is 1. The predicted octanol–water partition coefficient (Wildman–Crippen LogP) is 2.15. The van der Waals surface area contributed by atoms with Crippen LogP contribution in [0.15, 0.2) is 41.4 Å². The Kier molecular flexibility index (Phi) is 5.19. The number of methoxy groups -OCH3 is 1. The van der Waals surface area contributed by atoms with E-state index < -0.39 is 32.8 Å². The van der Waals surface area contributed by atoms with Crippen molar-refractivity contribution in [1.29, 1.82) is 0 Å². The number of hydrogen-bond acceptors (Lipinski definition) is 7. The average Bonchev–Trinajstić information content (AvgIpc) is 2.74. The SMILES string of the molecule is COc1ccc2c3c(cnc2n1)OCC(=O)N3Cc1ccc(S(N)(=O)=O)c(C(F)F)c1. The number of alkyl halides is 2. The molecular weight excluding hydrogens is 434 g/mol. The van der Waals surface area contributed by atoms with Crippen molar-refractivity contribution < 1.29 is 31.5 Å². The Hall–Kier alpha value is -3.38. The average molecular weight is 450 g/mol. The summed E-state index contributed by atoms with van der Waals surface area (Å²) in [5.74, 6) is 0.244. The van der Waals surface area contributed by atoms with E-state index in [1.807, 2.05) is 0 Å². The number of pyridine rings is 2. The van der Waals surface area contributed by atoms with Crippen molar-refractivity contribution in [2.24, 2.45) is 5.14 Å². The van der Waals surface area contributed by atoms with Gasteiger partial charge in [-0.3, -0.25) is 4.79 Å². The van der Waals surface area contributed by atoms with Gasteiger partial charge in [0.05, 0.1) is 30.4 Å². The summed E-state index contributed by atoms with van der Waals surface area (Å²) in [6, 6.07) is 6.62. The van der Waals surface area contributed by atoms with Crippen LogP contribution in [0, 0.1) is 0 Å². The van der Waals surface area contributed by atoms with E-state index in [4.69, 9.17) is 14.6 Å². The Labute approximate surface area is 175 Å². The summed E-state index contributed by atoms with van der Waals surface area (Å²) in [4.78, 5) is 21.8. The van der Waals surface area contributed by atoms with Gasteiger partial charge in [-0.15, -0.1) is 0 Å². The van der Waals surface area contributed by atoms with E-state index in [2.05, 4.69) is 9.97 Å². The molecule has 2 aromatic heterocycles. The van der Waals surface area contributed by atoms with E-state index in [0.29, 0.717) is 28.4 Å². The number of amides is 1. The first kappa shape index (κ1) is 20.9. The van der Waals surface area contributed by atoms with Gasteiger partial charge in [0.25, 0.3) is 12.3 Å². The molecule has 31 heavy (non-hydrogen) atoms. The van der Waals surface area contributed by atoms with Crippen LogP contribution in [0.4, 0.5) is 14.5 Å². The number of primary sulfonamides is 1. The third-order valence-electron chi connectivity index (χ3n) is 4.73. The molecule has 162 valence electrons. The van der Waals surface area contributed by atoms with E-state index >= 15 is 0 Å². The first-order chi connectivity index (χ1) is 14.7. The highest BCUT2D eigenvalue weighted by molar-refractivity contribution is 7.89. The van der Waals surface area contributed by atoms with Crippen LogP contribution in [0.3, 0.4) is 0 Å². The van der Waals surface area contributed by atoms with Crippen LogP contribution in [-0.4, -0.2) is 38.0 Å². The summed E-state index contributed by atoms with van der Waals surface area (Å²) < 4.78 is 60.7. The van der Waals surface area contributed by atoms with Crippen molar-refractivity contribution in [3.8, 4) is 11.6 Å². The summed E-state index contributed by atoms with van der Waals surface area (Å²) in [6.45, 7) is -0.369. The topological polar surface area (TPSA) is 125 Å². The summed E-state index contributed by atoms with van der Waals surface area (Å²) in [5.41, 5.74) is 0.243. The van der Waals surface area contributed by atoms with Gasteiger partial charge in [-0.25, -0.2) is 27.3 Å². The number of nitrogens with zero attached hydrogens (tertiary/aromatic N) is 3. The van der Waals surface area contributed by atoms with Gasteiger partial charge in [0.15, 0.2) is 18.0 Å². The number of fused-ring (bicyclic) bond motifs is 3. The smallest absolute Gasteiger partial charge is 0.265 e. The van der Waals surface area contributed by atoms with E-state index in [9.17, 15) is 22.0 Å². The first-order valence-corrected chi connectivity index (χ1v) is 10.4. The molecule has 0 unspecified atom stereocenters. The van der Waals surface area contributed by atoms with Crippen LogP contribution >= 0.6 is 0 Å². The third-order valence-corrected chi connectivity index (χ3v) is 5.71. The van der Waals surface area contributed by atoms with E-state index in [-0.39, 0.29) is 18.7 Å². The largest absolute Gasteiger partial charge is 0.481 e. The van der Waals surface area contributed by atoms with Crippen LogP contribution in [0.25, 0.3) is 11.0 Å². The quantitative estimate of drug-likeness (QED) is 0.631. The lowest BCUT2D eigenvalue weighted by molar-refractivity contribution is -0.121. The van der Waals surface area contributed by atoms with Gasteiger partial charge in [0.2, 0.25) is 15.9 Å². The zero-order valence-corrected chi connectivity index (χ0v) is 16.9. The molecule has 0 atom stereocenters. The number of ether oxygens (including phenoxy) is 2. The minimum absolute atomic E-state index is 0.106. The molecule has 0 saturated heterocycles. The molecule has 3 aromatic rings. The molecule has 0 saturated carbocycles. The Morgan fingerprint density at radius 2 is 2.06 bits per heavy atom. The zero-order valence-electron chi connectivity index (χ0n) is 16.1. The van der Waals surface area contributed by atoms with E-state index in [0.717, 1.165) is 12.1 Å². The Balaban J connectivity index is 1.81. The minimum Gasteiger partial charge on any atom is -0.481 e. The highest BCUT2D eigenvalue weighted by atomic mass is 32.2. The number of sulfonamides is 1. The number of halogens is 2. The second-order valence-electron chi connectivity index (χ2n) is 6.68. The Bertz CT molecular complexity index is 1300. The first-order valence-electron chi connectivity index (χ1n) is 8.89. The molecule has 0 bridgehead atoms. The van der Waals surface area contributed by atoms with E-state index in [1.54, 1.807) is 12.1 Å². The normalized spacial score (nSPS) is 14.0. The second kappa shape index (κ2) is 7.71. The monoisotopic (exact) mass is 450 g/mol. The van der Waals surface area contributed by atoms with Gasteiger partial charge in [0, 0.05) is 17.0 Å². The van der Waals surface area contributed by atoms with Gasteiger partial charge in [0.1, 0.15) is 0 Å². The Morgan fingerprint density at radius 1 is 1.29 bits per heavy atom. The maximum atomic E-state index is 13.5. The molecule has 1 aliphatic rings. The number of anilines is 1. The van der Waals surface area contributed by atoms with Gasteiger partial charge in [-0.2, -0.15) is 4.98 Å².